The van der Waals surface area contributed by atoms with Gasteiger partial charge in [-0.05, 0) is 46.2 Å². The van der Waals surface area contributed by atoms with Gasteiger partial charge in [-0.25, -0.2) is 8.78 Å². The van der Waals surface area contributed by atoms with Gasteiger partial charge in [0.05, 0.1) is 24.2 Å². The molecule has 0 radical (unpaired) electrons. The second-order valence-corrected chi connectivity index (χ2v) is 6.91. The van der Waals surface area contributed by atoms with Gasteiger partial charge in [0.15, 0.2) is 0 Å². The molecule has 24 heavy (non-hydrogen) atoms. The van der Waals surface area contributed by atoms with Crippen LogP contribution in [-0.4, -0.2) is 30.9 Å². The molecule has 0 saturated carbocycles. The molecule has 4 nitrogen and oxygen atoms in total. The fourth-order valence-electron chi connectivity index (χ4n) is 2.61. The number of hydrogen-bond donors (Lipinski definition) is 0. The lowest BCUT2D eigenvalue weighted by Gasteiger charge is -2.32. The Balaban J connectivity index is 2.35. The van der Waals surface area contributed by atoms with E-state index >= 15 is 0 Å². The predicted molar refractivity (Wildman–Crippen MR) is 86.4 cm³/mol. The Morgan fingerprint density at radius 2 is 1.79 bits per heavy atom. The SMILES string of the molecule is CCOC(=O)CC(B1OC(C)(C)C(C)(C)O1)c1ccc(F)cc1F. The third-order valence-corrected chi connectivity index (χ3v) is 4.65. The maximum Gasteiger partial charge on any atom is 0.466 e. The van der Waals surface area contributed by atoms with Crippen molar-refractivity contribution >= 4 is 13.1 Å². The lowest BCUT2D eigenvalue weighted by Crippen LogP contribution is -2.41. The number of esters is 1. The van der Waals surface area contributed by atoms with E-state index in [1.54, 1.807) is 6.92 Å². The molecule has 0 N–H and O–H groups in total. The normalized spacial score (nSPS) is 20.0. The van der Waals surface area contributed by atoms with E-state index in [4.69, 9.17) is 14.0 Å². The quantitative estimate of drug-likeness (QED) is 0.607. The van der Waals surface area contributed by atoms with Crippen LogP contribution in [0.1, 0.15) is 52.4 Å². The molecular formula is C17H23BF2O4. The summed E-state index contributed by atoms with van der Waals surface area (Å²) in [6, 6.07) is 3.26. The van der Waals surface area contributed by atoms with Gasteiger partial charge in [0, 0.05) is 11.9 Å². The van der Waals surface area contributed by atoms with Crippen molar-refractivity contribution < 1.29 is 27.6 Å². The maximum atomic E-state index is 14.3. The molecule has 1 heterocycles. The maximum absolute atomic E-state index is 14.3. The molecule has 0 bridgehead atoms. The van der Waals surface area contributed by atoms with E-state index in [9.17, 15) is 13.6 Å². The largest absolute Gasteiger partial charge is 0.466 e. The monoisotopic (exact) mass is 340 g/mol. The van der Waals surface area contributed by atoms with Gasteiger partial charge in [0.25, 0.3) is 0 Å². The van der Waals surface area contributed by atoms with Crippen molar-refractivity contribution in [2.24, 2.45) is 0 Å². The molecule has 0 aromatic heterocycles. The standard InChI is InChI=1S/C17H23BF2O4/c1-6-22-15(21)10-13(12-8-7-11(19)9-14(12)20)18-23-16(2,3)17(4,5)24-18/h7-9,13H,6,10H2,1-5H3. The first-order valence-electron chi connectivity index (χ1n) is 8.03. The molecule has 1 unspecified atom stereocenters. The Morgan fingerprint density at radius 3 is 2.29 bits per heavy atom. The van der Waals surface area contributed by atoms with Crippen LogP contribution >= 0.6 is 0 Å². The number of halogens is 2. The minimum absolute atomic E-state index is 0.118. The number of benzene rings is 1. The summed E-state index contributed by atoms with van der Waals surface area (Å²) in [7, 11) is -0.834. The summed E-state index contributed by atoms with van der Waals surface area (Å²) < 4.78 is 44.4. The van der Waals surface area contributed by atoms with Gasteiger partial charge >= 0.3 is 13.1 Å². The van der Waals surface area contributed by atoms with Crippen molar-refractivity contribution in [3.05, 3.63) is 35.4 Å². The van der Waals surface area contributed by atoms with Crippen LogP contribution in [0.15, 0.2) is 18.2 Å². The van der Waals surface area contributed by atoms with E-state index in [1.807, 2.05) is 27.7 Å². The first-order chi connectivity index (χ1) is 11.1. The van der Waals surface area contributed by atoms with E-state index in [1.165, 1.54) is 6.07 Å². The highest BCUT2D eigenvalue weighted by atomic mass is 19.1. The van der Waals surface area contributed by atoms with Crippen LogP contribution in [0, 0.1) is 11.6 Å². The number of carbonyl (C=O) groups excluding carboxylic acids is 1. The van der Waals surface area contributed by atoms with Crippen molar-refractivity contribution in [1.29, 1.82) is 0 Å². The summed E-state index contributed by atoms with van der Waals surface area (Å²) in [6.07, 6.45) is -0.118. The molecular weight excluding hydrogens is 317 g/mol. The van der Waals surface area contributed by atoms with Crippen LogP contribution in [-0.2, 0) is 18.8 Å². The molecule has 1 aromatic carbocycles. The Hall–Kier alpha value is -1.47. The van der Waals surface area contributed by atoms with Crippen molar-refractivity contribution in [2.45, 2.75) is 58.1 Å². The van der Waals surface area contributed by atoms with Crippen molar-refractivity contribution in [3.63, 3.8) is 0 Å². The highest BCUT2D eigenvalue weighted by Crippen LogP contribution is 2.42. The summed E-state index contributed by atoms with van der Waals surface area (Å²) >= 11 is 0. The first-order valence-corrected chi connectivity index (χ1v) is 8.03. The van der Waals surface area contributed by atoms with Gasteiger partial charge in [0.1, 0.15) is 11.6 Å². The number of ether oxygens (including phenoxy) is 1. The van der Waals surface area contributed by atoms with E-state index in [0.29, 0.717) is 0 Å². The Kier molecular flexibility index (Phi) is 5.35. The number of carbonyl (C=O) groups is 1. The van der Waals surface area contributed by atoms with E-state index in [2.05, 4.69) is 0 Å². The molecule has 0 amide bonds. The lowest BCUT2D eigenvalue weighted by molar-refractivity contribution is -0.143. The molecule has 0 aliphatic carbocycles. The van der Waals surface area contributed by atoms with Crippen LogP contribution in [0.3, 0.4) is 0 Å². The van der Waals surface area contributed by atoms with Gasteiger partial charge in [-0.1, -0.05) is 6.07 Å². The van der Waals surface area contributed by atoms with Crippen molar-refractivity contribution in [1.82, 2.24) is 0 Å². The van der Waals surface area contributed by atoms with Crippen LogP contribution < -0.4 is 0 Å². The zero-order valence-electron chi connectivity index (χ0n) is 14.7. The summed E-state index contributed by atoms with van der Waals surface area (Å²) in [5.41, 5.74) is -1.08. The zero-order chi connectivity index (χ0) is 18.1. The molecule has 1 saturated heterocycles. The van der Waals surface area contributed by atoms with E-state index < -0.39 is 41.7 Å². The van der Waals surface area contributed by atoms with E-state index in [-0.39, 0.29) is 18.6 Å². The fraction of sp³-hybridized carbons (Fsp3) is 0.588. The van der Waals surface area contributed by atoms with Crippen molar-refractivity contribution in [2.75, 3.05) is 6.61 Å². The first kappa shape index (κ1) is 18.9. The molecule has 132 valence electrons. The summed E-state index contributed by atoms with van der Waals surface area (Å²) in [6.45, 7) is 9.40. The zero-order valence-corrected chi connectivity index (χ0v) is 14.7. The van der Waals surface area contributed by atoms with E-state index in [0.717, 1.165) is 12.1 Å². The smallest absolute Gasteiger partial charge is 0.466 e. The molecule has 7 heteroatoms. The van der Waals surface area contributed by atoms with Gasteiger partial charge in [-0.15, -0.1) is 0 Å². The Labute approximate surface area is 141 Å². The molecule has 1 atom stereocenters. The van der Waals surface area contributed by atoms with Gasteiger partial charge in [-0.2, -0.15) is 0 Å². The highest BCUT2D eigenvalue weighted by Gasteiger charge is 2.54. The third kappa shape index (κ3) is 3.78. The van der Waals surface area contributed by atoms with Crippen LogP contribution in [0.2, 0.25) is 0 Å². The topological polar surface area (TPSA) is 44.8 Å². The second-order valence-electron chi connectivity index (χ2n) is 6.91. The lowest BCUT2D eigenvalue weighted by atomic mass is 9.66. The van der Waals surface area contributed by atoms with Crippen molar-refractivity contribution in [3.8, 4) is 0 Å². The number of rotatable bonds is 5. The minimum Gasteiger partial charge on any atom is -0.466 e. The average Bonchev–Trinajstić information content (AvgIpc) is 2.65. The molecule has 1 aliphatic heterocycles. The molecule has 2 rings (SSSR count). The molecule has 0 spiro atoms. The van der Waals surface area contributed by atoms with Gasteiger partial charge in [0.2, 0.25) is 0 Å². The average molecular weight is 340 g/mol. The predicted octanol–water partition coefficient (Wildman–Crippen LogP) is 3.63. The fourth-order valence-corrected chi connectivity index (χ4v) is 2.61. The second kappa shape index (κ2) is 6.80. The van der Waals surface area contributed by atoms with Gasteiger partial charge in [-0.3, -0.25) is 4.79 Å². The Bertz CT molecular complexity index is 603. The summed E-state index contributed by atoms with van der Waals surface area (Å²) in [4.78, 5) is 12.0. The van der Waals surface area contributed by atoms with Crippen LogP contribution in [0.4, 0.5) is 8.78 Å². The molecule has 1 aromatic rings. The summed E-state index contributed by atoms with van der Waals surface area (Å²) in [5.74, 6) is -2.63. The number of hydrogen-bond acceptors (Lipinski definition) is 4. The van der Waals surface area contributed by atoms with Crippen LogP contribution in [0.25, 0.3) is 0 Å². The molecule has 1 aliphatic rings. The van der Waals surface area contributed by atoms with Crippen LogP contribution in [0.5, 0.6) is 0 Å². The highest BCUT2D eigenvalue weighted by molar-refractivity contribution is 6.48. The summed E-state index contributed by atoms with van der Waals surface area (Å²) in [5, 5.41) is 0. The molecule has 1 fully saturated rings. The third-order valence-electron chi connectivity index (χ3n) is 4.65. The minimum atomic E-state index is -0.834. The Morgan fingerprint density at radius 1 is 1.21 bits per heavy atom. The van der Waals surface area contributed by atoms with Gasteiger partial charge < -0.3 is 14.0 Å².